The Bertz CT molecular complexity index is 518. The molecule has 1 aliphatic carbocycles. The van der Waals surface area contributed by atoms with Gasteiger partial charge in [-0.05, 0) is 49.0 Å². The molecule has 1 aromatic carbocycles. The molecule has 1 nitrogen and oxygen atoms in total. The van der Waals surface area contributed by atoms with Crippen LogP contribution in [0.4, 0.5) is 0 Å². The molecule has 2 atom stereocenters. The lowest BCUT2D eigenvalue weighted by molar-refractivity contribution is 0.380. The van der Waals surface area contributed by atoms with E-state index in [1.807, 2.05) is 12.1 Å². The summed E-state index contributed by atoms with van der Waals surface area (Å²) < 4.78 is 0. The van der Waals surface area contributed by atoms with E-state index in [4.69, 9.17) is 11.6 Å². The summed E-state index contributed by atoms with van der Waals surface area (Å²) >= 11 is 6.09. The van der Waals surface area contributed by atoms with Crippen LogP contribution < -0.4 is 0 Å². The van der Waals surface area contributed by atoms with Gasteiger partial charge in [-0.3, -0.25) is 0 Å². The number of rotatable bonds is 1. The van der Waals surface area contributed by atoms with E-state index < -0.39 is 0 Å². The quantitative estimate of drug-likeness (QED) is 0.661. The van der Waals surface area contributed by atoms with E-state index in [9.17, 15) is 0 Å². The van der Waals surface area contributed by atoms with Crippen LogP contribution in [0.2, 0.25) is 5.02 Å². The Balaban J connectivity index is 0.00000133. The van der Waals surface area contributed by atoms with E-state index in [2.05, 4.69) is 36.7 Å². The van der Waals surface area contributed by atoms with Gasteiger partial charge in [0.05, 0.1) is 0 Å². The molecule has 2 aliphatic rings. The predicted molar refractivity (Wildman–Crippen MR) is 84.9 cm³/mol. The SMILES string of the molecule is C.C=C1c2cc(Cl)ccc2C=CN1C1CCC(C)C1. The van der Waals surface area contributed by atoms with Gasteiger partial charge >= 0.3 is 0 Å². The number of fused-ring (bicyclic) bond motifs is 1. The van der Waals surface area contributed by atoms with Crippen molar-refractivity contribution in [1.29, 1.82) is 0 Å². The van der Waals surface area contributed by atoms with E-state index in [0.29, 0.717) is 6.04 Å². The average Bonchev–Trinajstić information content (AvgIpc) is 2.77. The molecule has 2 heteroatoms. The molecule has 0 N–H and O–H groups in total. The van der Waals surface area contributed by atoms with Crippen molar-refractivity contribution in [2.24, 2.45) is 5.92 Å². The molecule has 102 valence electrons. The van der Waals surface area contributed by atoms with Gasteiger partial charge in [-0.1, -0.05) is 38.6 Å². The standard InChI is InChI=1S/C16H18ClN.CH4/c1-11-3-6-15(9-11)18-8-7-13-4-5-14(17)10-16(13)12(18)2;/h4-5,7-8,10-11,15H,2-3,6,9H2,1H3;1H4. The van der Waals surface area contributed by atoms with Crippen molar-refractivity contribution in [3.8, 4) is 0 Å². The van der Waals surface area contributed by atoms with Crippen molar-refractivity contribution in [3.63, 3.8) is 0 Å². The van der Waals surface area contributed by atoms with Crippen molar-refractivity contribution in [1.82, 2.24) is 4.90 Å². The van der Waals surface area contributed by atoms with Crippen LogP contribution in [0.3, 0.4) is 0 Å². The van der Waals surface area contributed by atoms with Crippen molar-refractivity contribution in [2.75, 3.05) is 0 Å². The van der Waals surface area contributed by atoms with Crippen LogP contribution in [0.5, 0.6) is 0 Å². The molecule has 0 radical (unpaired) electrons. The highest BCUT2D eigenvalue weighted by Crippen LogP contribution is 2.37. The smallest absolute Gasteiger partial charge is 0.0415 e. The van der Waals surface area contributed by atoms with Crippen molar-refractivity contribution in [2.45, 2.75) is 39.7 Å². The largest absolute Gasteiger partial charge is 0.345 e. The van der Waals surface area contributed by atoms with Gasteiger partial charge in [-0.25, -0.2) is 0 Å². The highest BCUT2D eigenvalue weighted by Gasteiger charge is 2.28. The molecule has 2 unspecified atom stereocenters. The van der Waals surface area contributed by atoms with Crippen molar-refractivity contribution < 1.29 is 0 Å². The first-order valence-electron chi connectivity index (χ1n) is 6.60. The fourth-order valence-corrected chi connectivity index (χ4v) is 3.26. The fourth-order valence-electron chi connectivity index (χ4n) is 3.09. The lowest BCUT2D eigenvalue weighted by Crippen LogP contribution is -2.28. The molecule has 0 bridgehead atoms. The highest BCUT2D eigenvalue weighted by molar-refractivity contribution is 6.30. The Morgan fingerprint density at radius 2 is 2.11 bits per heavy atom. The third-order valence-electron chi connectivity index (χ3n) is 4.11. The van der Waals surface area contributed by atoms with Gasteiger partial charge in [0.1, 0.15) is 0 Å². The normalized spacial score (nSPS) is 25.2. The van der Waals surface area contributed by atoms with Crippen LogP contribution in [0.25, 0.3) is 11.8 Å². The van der Waals surface area contributed by atoms with E-state index in [-0.39, 0.29) is 7.43 Å². The average molecular weight is 276 g/mol. The monoisotopic (exact) mass is 275 g/mol. The molecule has 0 spiro atoms. The van der Waals surface area contributed by atoms with Crippen LogP contribution in [-0.4, -0.2) is 10.9 Å². The zero-order chi connectivity index (χ0) is 12.7. The number of hydrogen-bond acceptors (Lipinski definition) is 1. The van der Waals surface area contributed by atoms with E-state index >= 15 is 0 Å². The summed E-state index contributed by atoms with van der Waals surface area (Å²) in [5, 5.41) is 0.782. The molecule has 0 aromatic heterocycles. The minimum Gasteiger partial charge on any atom is -0.345 e. The van der Waals surface area contributed by atoms with Crippen molar-refractivity contribution in [3.05, 3.63) is 47.1 Å². The molecule has 1 heterocycles. The number of hydrogen-bond donors (Lipinski definition) is 0. The molecule has 0 saturated heterocycles. The minimum atomic E-state index is 0. The number of halogens is 1. The van der Waals surface area contributed by atoms with Gasteiger partial charge < -0.3 is 4.90 Å². The van der Waals surface area contributed by atoms with E-state index in [0.717, 1.165) is 16.6 Å². The molecular formula is C17H22ClN. The highest BCUT2D eigenvalue weighted by atomic mass is 35.5. The third kappa shape index (κ3) is 2.57. The minimum absolute atomic E-state index is 0. The van der Waals surface area contributed by atoms with Crippen LogP contribution in [-0.2, 0) is 0 Å². The summed E-state index contributed by atoms with van der Waals surface area (Å²) in [4.78, 5) is 2.34. The lowest BCUT2D eigenvalue weighted by Gasteiger charge is -2.33. The Morgan fingerprint density at radius 3 is 2.79 bits per heavy atom. The summed E-state index contributed by atoms with van der Waals surface area (Å²) in [6, 6.07) is 6.63. The Hall–Kier alpha value is -1.21. The molecule has 1 fully saturated rings. The molecular weight excluding hydrogens is 254 g/mol. The molecule has 19 heavy (non-hydrogen) atoms. The van der Waals surface area contributed by atoms with Crippen LogP contribution in [0, 0.1) is 5.92 Å². The first-order chi connectivity index (χ1) is 8.65. The second-order valence-electron chi connectivity index (χ2n) is 5.47. The summed E-state index contributed by atoms with van der Waals surface area (Å²) in [5.74, 6) is 0.831. The van der Waals surface area contributed by atoms with Gasteiger partial charge in [0.15, 0.2) is 0 Å². The molecule has 3 rings (SSSR count). The van der Waals surface area contributed by atoms with Gasteiger partial charge in [0, 0.05) is 28.5 Å². The second-order valence-corrected chi connectivity index (χ2v) is 5.91. The fraction of sp³-hybridized carbons (Fsp3) is 0.412. The van der Waals surface area contributed by atoms with E-state index in [1.165, 1.54) is 30.4 Å². The summed E-state index contributed by atoms with van der Waals surface area (Å²) in [6.07, 6.45) is 8.20. The van der Waals surface area contributed by atoms with Crippen LogP contribution in [0.15, 0.2) is 31.0 Å². The second kappa shape index (κ2) is 5.42. The maximum absolute atomic E-state index is 6.09. The zero-order valence-corrected chi connectivity index (χ0v) is 11.5. The Morgan fingerprint density at radius 1 is 1.32 bits per heavy atom. The molecule has 1 aromatic rings. The first-order valence-corrected chi connectivity index (χ1v) is 6.98. The van der Waals surface area contributed by atoms with Gasteiger partial charge in [-0.2, -0.15) is 0 Å². The zero-order valence-electron chi connectivity index (χ0n) is 10.7. The van der Waals surface area contributed by atoms with Gasteiger partial charge in [-0.15, -0.1) is 0 Å². The maximum Gasteiger partial charge on any atom is 0.0415 e. The number of benzene rings is 1. The van der Waals surface area contributed by atoms with Crippen LogP contribution >= 0.6 is 11.6 Å². The molecule has 0 amide bonds. The lowest BCUT2D eigenvalue weighted by atomic mass is 9.99. The third-order valence-corrected chi connectivity index (χ3v) is 4.35. The van der Waals surface area contributed by atoms with Crippen molar-refractivity contribution >= 4 is 23.4 Å². The van der Waals surface area contributed by atoms with E-state index in [1.54, 1.807) is 0 Å². The maximum atomic E-state index is 6.09. The topological polar surface area (TPSA) is 3.24 Å². The number of nitrogens with zero attached hydrogens (tertiary/aromatic N) is 1. The van der Waals surface area contributed by atoms with Gasteiger partial charge in [0.25, 0.3) is 0 Å². The Kier molecular flexibility index (Phi) is 4.05. The summed E-state index contributed by atoms with van der Waals surface area (Å²) in [5.41, 5.74) is 3.48. The summed E-state index contributed by atoms with van der Waals surface area (Å²) in [6.45, 7) is 6.60. The first kappa shape index (κ1) is 14.2. The predicted octanol–water partition coefficient (Wildman–Crippen LogP) is 5.42. The van der Waals surface area contributed by atoms with Gasteiger partial charge in [0.2, 0.25) is 0 Å². The molecule has 1 aliphatic heterocycles. The van der Waals surface area contributed by atoms with Crippen LogP contribution in [0.1, 0.15) is 44.7 Å². The molecule has 1 saturated carbocycles. The Labute approximate surface area is 121 Å². The summed E-state index contributed by atoms with van der Waals surface area (Å²) in [7, 11) is 0.